The van der Waals surface area contributed by atoms with E-state index in [1.54, 1.807) is 36.2 Å². The smallest absolute Gasteiger partial charge is 0.254 e. The summed E-state index contributed by atoms with van der Waals surface area (Å²) in [4.78, 5) is 31.4. The second-order valence-corrected chi connectivity index (χ2v) is 9.51. The third kappa shape index (κ3) is 5.00. The molecule has 0 saturated heterocycles. The number of unbranched alkanes of at least 4 members (excludes halogenated alkanes) is 1. The Labute approximate surface area is 229 Å². The molecule has 4 aromatic rings. The molecule has 2 amide bonds. The number of ether oxygens (including phenoxy) is 2. The minimum absolute atomic E-state index is 0.0500. The molecule has 0 radical (unpaired) electrons. The highest BCUT2D eigenvalue weighted by Crippen LogP contribution is 2.45. The zero-order chi connectivity index (χ0) is 27.4. The monoisotopic (exact) mass is 523 g/mol. The van der Waals surface area contributed by atoms with E-state index in [9.17, 15) is 9.59 Å². The van der Waals surface area contributed by atoms with Crippen LogP contribution in [0.4, 0.5) is 5.69 Å². The summed E-state index contributed by atoms with van der Waals surface area (Å²) in [6.07, 6.45) is 3.72. The molecule has 0 fully saturated rings. The van der Waals surface area contributed by atoms with Crippen molar-refractivity contribution in [3.63, 3.8) is 0 Å². The van der Waals surface area contributed by atoms with E-state index in [0.29, 0.717) is 23.6 Å². The molecule has 0 N–H and O–H groups in total. The van der Waals surface area contributed by atoms with Crippen molar-refractivity contribution in [1.29, 1.82) is 0 Å². The maximum Gasteiger partial charge on any atom is 0.254 e. The van der Waals surface area contributed by atoms with Gasteiger partial charge in [-0.1, -0.05) is 43.7 Å². The van der Waals surface area contributed by atoms with Crippen LogP contribution in [0.3, 0.4) is 0 Å². The van der Waals surface area contributed by atoms with Gasteiger partial charge in [0.2, 0.25) is 5.91 Å². The molecule has 200 valence electrons. The first-order chi connectivity index (χ1) is 19.1. The van der Waals surface area contributed by atoms with Crippen LogP contribution >= 0.6 is 0 Å². The molecule has 1 atom stereocenters. The SMILES string of the molecule is CCCCN(CC(=O)N1c2ccccc2-n2cccc2C1c1cc(OC)ccc1OC)C(=O)c1ccccc1. The Morgan fingerprint density at radius 1 is 0.872 bits per heavy atom. The highest BCUT2D eigenvalue weighted by molar-refractivity contribution is 6.02. The molecule has 0 spiro atoms. The molecule has 39 heavy (non-hydrogen) atoms. The second kappa shape index (κ2) is 11.5. The van der Waals surface area contributed by atoms with Gasteiger partial charge in [0, 0.05) is 23.9 Å². The van der Waals surface area contributed by atoms with Crippen molar-refractivity contribution in [3.8, 4) is 17.2 Å². The maximum absolute atomic E-state index is 14.4. The quantitative estimate of drug-likeness (QED) is 0.275. The van der Waals surface area contributed by atoms with Crippen molar-refractivity contribution in [2.75, 3.05) is 32.2 Å². The highest BCUT2D eigenvalue weighted by atomic mass is 16.5. The van der Waals surface area contributed by atoms with Gasteiger partial charge in [-0.3, -0.25) is 14.5 Å². The molecule has 0 saturated carbocycles. The van der Waals surface area contributed by atoms with Crippen molar-refractivity contribution in [2.24, 2.45) is 0 Å². The van der Waals surface area contributed by atoms with Gasteiger partial charge in [-0.25, -0.2) is 0 Å². The highest BCUT2D eigenvalue weighted by Gasteiger charge is 2.38. The van der Waals surface area contributed by atoms with Crippen LogP contribution < -0.4 is 14.4 Å². The lowest BCUT2D eigenvalue weighted by atomic mass is 9.96. The van der Waals surface area contributed by atoms with Crippen molar-refractivity contribution in [2.45, 2.75) is 25.8 Å². The van der Waals surface area contributed by atoms with Gasteiger partial charge in [-0.15, -0.1) is 0 Å². The standard InChI is InChI=1S/C32H33N3O4/c1-4-5-19-33(32(37)23-12-7-6-8-13-23)22-30(36)35-27-15-10-9-14-26(27)34-20-11-16-28(34)31(35)25-21-24(38-2)17-18-29(25)39-3/h6-18,20-21,31H,4-5,19,22H2,1-3H3. The van der Waals surface area contributed by atoms with E-state index in [0.717, 1.165) is 35.5 Å². The molecule has 1 unspecified atom stereocenters. The lowest BCUT2D eigenvalue weighted by molar-refractivity contribution is -0.119. The normalized spacial score (nSPS) is 13.8. The number of para-hydroxylation sites is 2. The zero-order valence-corrected chi connectivity index (χ0v) is 22.5. The number of nitrogens with zero attached hydrogens (tertiary/aromatic N) is 3. The zero-order valence-electron chi connectivity index (χ0n) is 22.5. The minimum Gasteiger partial charge on any atom is -0.497 e. The van der Waals surface area contributed by atoms with Crippen LogP contribution in [-0.4, -0.2) is 48.6 Å². The van der Waals surface area contributed by atoms with E-state index in [1.165, 1.54) is 0 Å². The number of fused-ring (bicyclic) bond motifs is 3. The van der Waals surface area contributed by atoms with E-state index in [2.05, 4.69) is 11.5 Å². The number of benzene rings is 3. The summed E-state index contributed by atoms with van der Waals surface area (Å²) >= 11 is 0. The Kier molecular flexibility index (Phi) is 7.68. The Bertz CT molecular complexity index is 1460. The average molecular weight is 524 g/mol. The number of aromatic nitrogens is 1. The molecule has 1 aliphatic heterocycles. The first-order valence-electron chi connectivity index (χ1n) is 13.2. The number of carbonyl (C=O) groups is 2. The summed E-state index contributed by atoms with van der Waals surface area (Å²) < 4.78 is 13.4. The third-order valence-corrected chi connectivity index (χ3v) is 7.14. The van der Waals surface area contributed by atoms with Gasteiger partial charge < -0.3 is 18.9 Å². The second-order valence-electron chi connectivity index (χ2n) is 9.51. The lowest BCUT2D eigenvalue weighted by Gasteiger charge is -2.40. The molecule has 1 aromatic heterocycles. The van der Waals surface area contributed by atoms with E-state index in [-0.39, 0.29) is 18.4 Å². The number of rotatable bonds is 9. The van der Waals surface area contributed by atoms with Gasteiger partial charge >= 0.3 is 0 Å². The number of anilines is 1. The van der Waals surface area contributed by atoms with Crippen LogP contribution in [0, 0.1) is 0 Å². The van der Waals surface area contributed by atoms with Gasteiger partial charge in [0.1, 0.15) is 24.1 Å². The molecule has 1 aliphatic rings. The van der Waals surface area contributed by atoms with E-state index in [1.807, 2.05) is 79.0 Å². The fraction of sp³-hybridized carbons (Fsp3) is 0.250. The van der Waals surface area contributed by atoms with Crippen molar-refractivity contribution >= 4 is 17.5 Å². The van der Waals surface area contributed by atoms with Crippen LogP contribution in [0.15, 0.2) is 91.1 Å². The Hall–Kier alpha value is -4.52. The Morgan fingerprint density at radius 3 is 2.33 bits per heavy atom. The average Bonchev–Trinajstić information content (AvgIpc) is 3.48. The largest absolute Gasteiger partial charge is 0.497 e. The number of hydrogen-bond donors (Lipinski definition) is 0. The summed E-state index contributed by atoms with van der Waals surface area (Å²) in [5.41, 5.74) is 3.96. The number of amides is 2. The van der Waals surface area contributed by atoms with Gasteiger partial charge in [-0.05, 0) is 61.0 Å². The molecular weight excluding hydrogens is 490 g/mol. The summed E-state index contributed by atoms with van der Waals surface area (Å²) in [7, 11) is 3.24. The van der Waals surface area contributed by atoms with Crippen molar-refractivity contribution in [3.05, 3.63) is 108 Å². The van der Waals surface area contributed by atoms with E-state index < -0.39 is 6.04 Å². The number of hydrogen-bond acceptors (Lipinski definition) is 4. The van der Waals surface area contributed by atoms with Crippen LogP contribution in [0.2, 0.25) is 0 Å². The summed E-state index contributed by atoms with van der Waals surface area (Å²) in [5, 5.41) is 0. The van der Waals surface area contributed by atoms with Gasteiger partial charge in [-0.2, -0.15) is 0 Å². The fourth-order valence-corrected chi connectivity index (χ4v) is 5.21. The molecule has 5 rings (SSSR count). The molecule has 3 aromatic carbocycles. The van der Waals surface area contributed by atoms with Crippen LogP contribution in [-0.2, 0) is 4.79 Å². The summed E-state index contributed by atoms with van der Waals surface area (Å²) in [6, 6.07) is 26.1. The maximum atomic E-state index is 14.4. The molecule has 2 heterocycles. The lowest BCUT2D eigenvalue weighted by Crippen LogP contribution is -2.47. The molecule has 0 aliphatic carbocycles. The first-order valence-corrected chi connectivity index (χ1v) is 13.2. The third-order valence-electron chi connectivity index (χ3n) is 7.14. The predicted molar refractivity (Wildman–Crippen MR) is 152 cm³/mol. The van der Waals surface area contributed by atoms with Crippen LogP contribution in [0.25, 0.3) is 5.69 Å². The summed E-state index contributed by atoms with van der Waals surface area (Å²) in [6.45, 7) is 2.52. The van der Waals surface area contributed by atoms with Crippen LogP contribution in [0.1, 0.15) is 47.4 Å². The minimum atomic E-state index is -0.493. The summed E-state index contributed by atoms with van der Waals surface area (Å²) in [5.74, 6) is 0.986. The van der Waals surface area contributed by atoms with Crippen LogP contribution in [0.5, 0.6) is 11.5 Å². The van der Waals surface area contributed by atoms with Crippen molar-refractivity contribution in [1.82, 2.24) is 9.47 Å². The number of methoxy groups -OCH3 is 2. The predicted octanol–water partition coefficient (Wildman–Crippen LogP) is 5.87. The number of carbonyl (C=O) groups excluding carboxylic acids is 2. The van der Waals surface area contributed by atoms with E-state index >= 15 is 0 Å². The molecule has 0 bridgehead atoms. The van der Waals surface area contributed by atoms with E-state index in [4.69, 9.17) is 9.47 Å². The van der Waals surface area contributed by atoms with Gasteiger partial charge in [0.05, 0.1) is 31.3 Å². The molecule has 7 nitrogen and oxygen atoms in total. The molecular formula is C32H33N3O4. The van der Waals surface area contributed by atoms with Crippen molar-refractivity contribution < 1.29 is 19.1 Å². The Balaban J connectivity index is 1.61. The Morgan fingerprint density at radius 2 is 1.62 bits per heavy atom. The fourth-order valence-electron chi connectivity index (χ4n) is 5.21. The molecule has 7 heteroatoms. The first kappa shape index (κ1) is 26.1. The van der Waals surface area contributed by atoms with Gasteiger partial charge in [0.15, 0.2) is 0 Å². The van der Waals surface area contributed by atoms with Gasteiger partial charge in [0.25, 0.3) is 5.91 Å². The topological polar surface area (TPSA) is 64.0 Å².